The first-order chi connectivity index (χ1) is 9.67. The van der Waals surface area contributed by atoms with Crippen LogP contribution in [0.5, 0.6) is 0 Å². The highest BCUT2D eigenvalue weighted by Crippen LogP contribution is 2.37. The molecule has 1 fully saturated rings. The van der Waals surface area contributed by atoms with Gasteiger partial charge in [-0.3, -0.25) is 4.90 Å². The maximum Gasteiger partial charge on any atom is 0.137 e. The van der Waals surface area contributed by atoms with Crippen LogP contribution in [0.3, 0.4) is 0 Å². The van der Waals surface area contributed by atoms with E-state index in [4.69, 9.17) is 0 Å². The fourth-order valence-corrected chi connectivity index (χ4v) is 3.74. The van der Waals surface area contributed by atoms with E-state index in [1.54, 1.807) is 6.07 Å². The molecule has 0 aromatic heterocycles. The second kappa shape index (κ2) is 7.53. The van der Waals surface area contributed by atoms with E-state index < -0.39 is 0 Å². The molecule has 1 aromatic carbocycles. The van der Waals surface area contributed by atoms with Crippen molar-refractivity contribution in [3.8, 4) is 0 Å². The Morgan fingerprint density at radius 3 is 2.90 bits per heavy atom. The van der Waals surface area contributed by atoms with Crippen LogP contribution >= 0.6 is 15.9 Å². The Labute approximate surface area is 129 Å². The monoisotopic (exact) mass is 342 g/mol. The topological polar surface area (TPSA) is 15.3 Å². The first-order valence-electron chi connectivity index (χ1n) is 7.51. The molecule has 0 amide bonds. The third-order valence-corrected chi connectivity index (χ3v) is 4.73. The summed E-state index contributed by atoms with van der Waals surface area (Å²) in [4.78, 5) is 2.56. The van der Waals surface area contributed by atoms with Gasteiger partial charge in [0.05, 0.1) is 4.47 Å². The fourth-order valence-electron chi connectivity index (χ4n) is 3.34. The largest absolute Gasteiger partial charge is 0.319 e. The number of halogens is 2. The average molecular weight is 343 g/mol. The lowest BCUT2D eigenvalue weighted by atomic mass is 9.84. The highest BCUT2D eigenvalue weighted by atomic mass is 79.9. The zero-order valence-electron chi connectivity index (χ0n) is 12.3. The molecule has 0 radical (unpaired) electrons. The zero-order valence-corrected chi connectivity index (χ0v) is 13.9. The Balaban J connectivity index is 2.29. The lowest BCUT2D eigenvalue weighted by molar-refractivity contribution is 0.0923. The molecule has 0 aliphatic carbocycles. The smallest absolute Gasteiger partial charge is 0.137 e. The molecule has 1 aliphatic heterocycles. The fraction of sp³-hybridized carbons (Fsp3) is 0.625. The van der Waals surface area contributed by atoms with E-state index in [0.29, 0.717) is 16.4 Å². The van der Waals surface area contributed by atoms with Crippen LogP contribution in [0.25, 0.3) is 0 Å². The number of nitrogens with zero attached hydrogens (tertiary/aromatic N) is 1. The van der Waals surface area contributed by atoms with E-state index in [1.807, 2.05) is 19.2 Å². The molecule has 0 saturated carbocycles. The van der Waals surface area contributed by atoms with Gasteiger partial charge in [0, 0.05) is 6.04 Å². The van der Waals surface area contributed by atoms with Crippen LogP contribution in [0, 0.1) is 11.7 Å². The Kier molecular flexibility index (Phi) is 6.00. The second-order valence-corrected chi connectivity index (χ2v) is 6.47. The van der Waals surface area contributed by atoms with Crippen molar-refractivity contribution in [2.45, 2.75) is 32.2 Å². The van der Waals surface area contributed by atoms with Crippen molar-refractivity contribution >= 4 is 15.9 Å². The molecule has 2 unspecified atom stereocenters. The Hall–Kier alpha value is -0.450. The van der Waals surface area contributed by atoms with Gasteiger partial charge in [0.15, 0.2) is 0 Å². The maximum absolute atomic E-state index is 13.5. The summed E-state index contributed by atoms with van der Waals surface area (Å²) in [5.41, 5.74) is 1.23. The molecule has 0 bridgehead atoms. The van der Waals surface area contributed by atoms with E-state index in [9.17, 15) is 4.39 Å². The van der Waals surface area contributed by atoms with Crippen molar-refractivity contribution in [1.82, 2.24) is 10.2 Å². The molecule has 1 aliphatic rings. The average Bonchev–Trinajstić information content (AvgIpc) is 2.43. The van der Waals surface area contributed by atoms with Crippen LogP contribution in [0.15, 0.2) is 22.7 Å². The second-order valence-electron chi connectivity index (χ2n) is 5.61. The number of nitrogens with one attached hydrogen (secondary N) is 1. The van der Waals surface area contributed by atoms with Crippen LogP contribution in [-0.4, -0.2) is 31.6 Å². The van der Waals surface area contributed by atoms with E-state index in [-0.39, 0.29) is 5.82 Å². The van der Waals surface area contributed by atoms with Crippen molar-refractivity contribution in [2.24, 2.45) is 5.92 Å². The van der Waals surface area contributed by atoms with E-state index in [1.165, 1.54) is 18.4 Å². The summed E-state index contributed by atoms with van der Waals surface area (Å²) in [6.45, 7) is 5.49. The summed E-state index contributed by atoms with van der Waals surface area (Å²) < 4.78 is 14.1. The SMILES string of the molecule is CCCN1CCCC(CNC)C1c1ccc(F)c(Br)c1. The summed E-state index contributed by atoms with van der Waals surface area (Å²) in [6, 6.07) is 5.88. The van der Waals surface area contributed by atoms with Crippen LogP contribution in [0.2, 0.25) is 0 Å². The Bertz CT molecular complexity index is 420. The standard InChI is InChI=1S/C16H24BrFN2/c1-3-8-20-9-4-5-13(11-19-2)16(20)12-6-7-15(18)14(17)10-12/h6-7,10,13,16,19H,3-5,8-9,11H2,1-2H3. The molecule has 1 saturated heterocycles. The molecule has 1 heterocycles. The number of likely N-dealkylation sites (tertiary alicyclic amines) is 1. The van der Waals surface area contributed by atoms with Gasteiger partial charge in [0.25, 0.3) is 0 Å². The molecule has 2 nitrogen and oxygen atoms in total. The molecular weight excluding hydrogens is 319 g/mol. The first-order valence-corrected chi connectivity index (χ1v) is 8.30. The maximum atomic E-state index is 13.5. The minimum atomic E-state index is -0.184. The van der Waals surface area contributed by atoms with Gasteiger partial charge in [-0.2, -0.15) is 0 Å². The number of hydrogen-bond donors (Lipinski definition) is 1. The normalized spacial score (nSPS) is 24.0. The Morgan fingerprint density at radius 2 is 2.25 bits per heavy atom. The van der Waals surface area contributed by atoms with Crippen LogP contribution < -0.4 is 5.32 Å². The third kappa shape index (κ3) is 3.60. The van der Waals surface area contributed by atoms with Gasteiger partial charge in [-0.25, -0.2) is 4.39 Å². The molecule has 2 atom stereocenters. The van der Waals surface area contributed by atoms with Crippen LogP contribution in [0.1, 0.15) is 37.8 Å². The predicted molar refractivity (Wildman–Crippen MR) is 85.4 cm³/mol. The number of hydrogen-bond acceptors (Lipinski definition) is 2. The Morgan fingerprint density at radius 1 is 1.45 bits per heavy atom. The number of rotatable bonds is 5. The van der Waals surface area contributed by atoms with Crippen molar-refractivity contribution < 1.29 is 4.39 Å². The van der Waals surface area contributed by atoms with Crippen LogP contribution in [0.4, 0.5) is 4.39 Å². The van der Waals surface area contributed by atoms with Gasteiger partial charge in [0.1, 0.15) is 5.82 Å². The summed E-state index contributed by atoms with van der Waals surface area (Å²) in [5, 5.41) is 3.31. The lowest BCUT2D eigenvalue weighted by Crippen LogP contribution is -2.42. The van der Waals surface area contributed by atoms with E-state index in [0.717, 1.165) is 26.1 Å². The van der Waals surface area contributed by atoms with Crippen molar-refractivity contribution in [3.05, 3.63) is 34.1 Å². The van der Waals surface area contributed by atoms with Gasteiger partial charge >= 0.3 is 0 Å². The quantitative estimate of drug-likeness (QED) is 0.870. The summed E-state index contributed by atoms with van der Waals surface area (Å²) in [6.07, 6.45) is 3.65. The van der Waals surface area contributed by atoms with Gasteiger partial charge in [-0.05, 0) is 85.5 Å². The molecule has 2 rings (SSSR count). The molecule has 1 N–H and O–H groups in total. The van der Waals surface area contributed by atoms with Gasteiger partial charge in [-0.1, -0.05) is 13.0 Å². The number of benzene rings is 1. The van der Waals surface area contributed by atoms with Crippen molar-refractivity contribution in [1.29, 1.82) is 0 Å². The predicted octanol–water partition coefficient (Wildman–Crippen LogP) is 3.97. The first kappa shape index (κ1) is 15.9. The molecule has 20 heavy (non-hydrogen) atoms. The van der Waals surface area contributed by atoms with Gasteiger partial charge < -0.3 is 5.32 Å². The third-order valence-electron chi connectivity index (χ3n) is 4.12. The van der Waals surface area contributed by atoms with E-state index in [2.05, 4.69) is 33.1 Å². The zero-order chi connectivity index (χ0) is 14.5. The van der Waals surface area contributed by atoms with Gasteiger partial charge in [0.2, 0.25) is 0 Å². The van der Waals surface area contributed by atoms with Crippen LogP contribution in [-0.2, 0) is 0 Å². The van der Waals surface area contributed by atoms with E-state index >= 15 is 0 Å². The molecule has 112 valence electrons. The minimum Gasteiger partial charge on any atom is -0.319 e. The van der Waals surface area contributed by atoms with Crippen molar-refractivity contribution in [2.75, 3.05) is 26.7 Å². The lowest BCUT2D eigenvalue weighted by Gasteiger charge is -2.42. The minimum absolute atomic E-state index is 0.184. The summed E-state index contributed by atoms with van der Waals surface area (Å²) in [5.74, 6) is 0.412. The number of piperidine rings is 1. The highest BCUT2D eigenvalue weighted by Gasteiger charge is 2.31. The van der Waals surface area contributed by atoms with Gasteiger partial charge in [-0.15, -0.1) is 0 Å². The van der Waals surface area contributed by atoms with Crippen molar-refractivity contribution in [3.63, 3.8) is 0 Å². The molecule has 1 aromatic rings. The highest BCUT2D eigenvalue weighted by molar-refractivity contribution is 9.10. The molecule has 0 spiro atoms. The molecule has 4 heteroatoms. The summed E-state index contributed by atoms with van der Waals surface area (Å²) in [7, 11) is 2.01. The molecular formula is C16H24BrFN2. The summed E-state index contributed by atoms with van der Waals surface area (Å²) >= 11 is 3.32.